The lowest BCUT2D eigenvalue weighted by Gasteiger charge is -2.34. The zero-order chi connectivity index (χ0) is 22.7. The van der Waals surface area contributed by atoms with Crippen molar-refractivity contribution < 1.29 is 4.39 Å². The molecule has 6 heteroatoms. The van der Waals surface area contributed by atoms with Crippen LogP contribution in [0.3, 0.4) is 0 Å². The van der Waals surface area contributed by atoms with Gasteiger partial charge in [0.15, 0.2) is 0 Å². The summed E-state index contributed by atoms with van der Waals surface area (Å²) in [4.78, 5) is 8.45. The molecule has 2 aromatic rings. The standard InChI is InChI=1S/C25H32ClFN4/c1-7-17(15-28-3)20-11-18-9-8-10-31(23(18)12-19(20)16(2)27)24-14-25(30(5)6)22(29-4)13-21(24)26/h7,11-16,29H,8-10H2,1-6H3/b17-7+,28-15-. The Bertz CT molecular complexity index is 1010. The lowest BCUT2D eigenvalue weighted by molar-refractivity contribution is 0.373. The zero-order valence-electron chi connectivity index (χ0n) is 19.3. The van der Waals surface area contributed by atoms with Crippen LogP contribution in [0.1, 0.15) is 43.1 Å². The van der Waals surface area contributed by atoms with Crippen LogP contribution < -0.4 is 15.1 Å². The van der Waals surface area contributed by atoms with E-state index in [0.29, 0.717) is 10.6 Å². The highest BCUT2D eigenvalue weighted by Crippen LogP contribution is 2.44. The molecule has 1 atom stereocenters. The van der Waals surface area contributed by atoms with Crippen molar-refractivity contribution in [3.8, 4) is 0 Å². The van der Waals surface area contributed by atoms with E-state index in [9.17, 15) is 4.39 Å². The quantitative estimate of drug-likeness (QED) is 0.507. The predicted molar refractivity (Wildman–Crippen MR) is 135 cm³/mol. The lowest BCUT2D eigenvalue weighted by Crippen LogP contribution is -2.26. The summed E-state index contributed by atoms with van der Waals surface area (Å²) in [6.45, 7) is 4.39. The molecule has 0 saturated heterocycles. The number of fused-ring (bicyclic) bond motifs is 1. The maximum absolute atomic E-state index is 14.7. The van der Waals surface area contributed by atoms with Crippen LogP contribution in [0.2, 0.25) is 5.02 Å². The molecule has 0 radical (unpaired) electrons. The average Bonchev–Trinajstić information content (AvgIpc) is 2.75. The normalized spacial score (nSPS) is 15.2. The Hall–Kier alpha value is -2.53. The molecule has 3 rings (SSSR count). The van der Waals surface area contributed by atoms with Crippen LogP contribution >= 0.6 is 11.6 Å². The Morgan fingerprint density at radius 2 is 2.00 bits per heavy atom. The predicted octanol–water partition coefficient (Wildman–Crippen LogP) is 6.67. The smallest absolute Gasteiger partial charge is 0.123 e. The van der Waals surface area contributed by atoms with Gasteiger partial charge in [-0.3, -0.25) is 4.99 Å². The van der Waals surface area contributed by atoms with Crippen molar-refractivity contribution in [2.24, 2.45) is 4.99 Å². The molecule has 1 aliphatic heterocycles. The number of hydrogen-bond acceptors (Lipinski definition) is 4. The van der Waals surface area contributed by atoms with E-state index in [0.717, 1.165) is 53.3 Å². The molecule has 0 aromatic heterocycles. The molecule has 1 N–H and O–H groups in total. The van der Waals surface area contributed by atoms with Crippen molar-refractivity contribution in [3.05, 3.63) is 52.1 Å². The summed E-state index contributed by atoms with van der Waals surface area (Å²) < 4.78 is 14.7. The number of halogens is 2. The first-order chi connectivity index (χ1) is 14.8. The van der Waals surface area contributed by atoms with Crippen LogP contribution in [-0.4, -0.2) is 41.0 Å². The maximum Gasteiger partial charge on any atom is 0.123 e. The van der Waals surface area contributed by atoms with E-state index >= 15 is 0 Å². The summed E-state index contributed by atoms with van der Waals surface area (Å²) in [7, 11) is 7.66. The van der Waals surface area contributed by atoms with Crippen LogP contribution in [0.4, 0.5) is 27.1 Å². The van der Waals surface area contributed by atoms with Crippen LogP contribution in [0.25, 0.3) is 5.57 Å². The van der Waals surface area contributed by atoms with E-state index in [1.165, 1.54) is 5.56 Å². The van der Waals surface area contributed by atoms with Crippen molar-refractivity contribution in [2.75, 3.05) is 49.9 Å². The molecule has 166 valence electrons. The summed E-state index contributed by atoms with van der Waals surface area (Å²) in [5.41, 5.74) is 7.73. The number of alkyl halides is 1. The van der Waals surface area contributed by atoms with Crippen LogP contribution in [0.5, 0.6) is 0 Å². The van der Waals surface area contributed by atoms with Gasteiger partial charge in [0.25, 0.3) is 0 Å². The van der Waals surface area contributed by atoms with Gasteiger partial charge in [-0.15, -0.1) is 0 Å². The van der Waals surface area contributed by atoms with Crippen molar-refractivity contribution in [1.82, 2.24) is 0 Å². The van der Waals surface area contributed by atoms with Gasteiger partial charge in [0.05, 0.1) is 22.1 Å². The van der Waals surface area contributed by atoms with E-state index < -0.39 is 6.17 Å². The minimum atomic E-state index is -1.09. The number of aliphatic imine (C=N–C) groups is 1. The number of anilines is 4. The molecule has 1 aliphatic rings. The molecule has 0 spiro atoms. The first-order valence-electron chi connectivity index (χ1n) is 10.7. The average molecular weight is 443 g/mol. The molecule has 0 fully saturated rings. The monoisotopic (exact) mass is 442 g/mol. The topological polar surface area (TPSA) is 30.9 Å². The Balaban J connectivity index is 2.20. The number of benzene rings is 2. The molecule has 1 heterocycles. The molecular formula is C25H32ClFN4. The Morgan fingerprint density at radius 3 is 2.58 bits per heavy atom. The second-order valence-electron chi connectivity index (χ2n) is 8.04. The van der Waals surface area contributed by atoms with Gasteiger partial charge >= 0.3 is 0 Å². The summed E-state index contributed by atoms with van der Waals surface area (Å²) in [5, 5.41) is 3.89. The van der Waals surface area contributed by atoms with Crippen molar-refractivity contribution >= 4 is 46.1 Å². The highest BCUT2D eigenvalue weighted by atomic mass is 35.5. The fourth-order valence-corrected chi connectivity index (χ4v) is 4.51. The molecule has 0 amide bonds. The van der Waals surface area contributed by atoms with Crippen LogP contribution in [-0.2, 0) is 6.42 Å². The summed E-state index contributed by atoms with van der Waals surface area (Å²) in [6.07, 6.45) is 4.64. The molecular weight excluding hydrogens is 411 g/mol. The molecule has 1 unspecified atom stereocenters. The van der Waals surface area contributed by atoms with Crippen molar-refractivity contribution in [2.45, 2.75) is 32.9 Å². The summed E-state index contributed by atoms with van der Waals surface area (Å²) in [6, 6.07) is 8.20. The lowest BCUT2D eigenvalue weighted by atomic mass is 9.90. The minimum Gasteiger partial charge on any atom is -0.386 e. The van der Waals surface area contributed by atoms with E-state index in [1.54, 1.807) is 20.2 Å². The van der Waals surface area contributed by atoms with E-state index in [-0.39, 0.29) is 0 Å². The maximum atomic E-state index is 14.7. The Labute approximate surface area is 190 Å². The fraction of sp³-hybridized carbons (Fsp3) is 0.400. The number of aryl methyl sites for hydroxylation is 1. The molecule has 4 nitrogen and oxygen atoms in total. The number of nitrogens with zero attached hydrogens (tertiary/aromatic N) is 3. The third kappa shape index (κ3) is 4.57. The molecule has 0 saturated carbocycles. The third-order valence-corrected chi connectivity index (χ3v) is 6.10. The molecule has 31 heavy (non-hydrogen) atoms. The summed E-state index contributed by atoms with van der Waals surface area (Å²) >= 11 is 6.73. The number of rotatable bonds is 6. The fourth-order valence-electron chi connectivity index (χ4n) is 4.24. The van der Waals surface area contributed by atoms with E-state index in [1.807, 2.05) is 46.3 Å². The van der Waals surface area contributed by atoms with E-state index in [4.69, 9.17) is 11.6 Å². The number of nitrogens with one attached hydrogen (secondary N) is 1. The van der Waals surface area contributed by atoms with Crippen LogP contribution in [0.15, 0.2) is 35.3 Å². The van der Waals surface area contributed by atoms with Gasteiger partial charge in [-0.25, -0.2) is 4.39 Å². The highest BCUT2D eigenvalue weighted by Gasteiger charge is 2.25. The van der Waals surface area contributed by atoms with Gasteiger partial charge in [-0.1, -0.05) is 17.7 Å². The third-order valence-electron chi connectivity index (χ3n) is 5.80. The van der Waals surface area contributed by atoms with Crippen molar-refractivity contribution in [3.63, 3.8) is 0 Å². The first kappa shape index (κ1) is 23.1. The SMILES string of the molecule is C/C=C(\C=N/C)c1cc2c(cc1C(C)F)N(c1cc(N(C)C)c(NC)cc1Cl)CCC2. The first-order valence-corrected chi connectivity index (χ1v) is 11.1. The largest absolute Gasteiger partial charge is 0.386 e. The zero-order valence-corrected chi connectivity index (χ0v) is 20.0. The number of allylic oxidation sites excluding steroid dienone is 2. The van der Waals surface area contributed by atoms with Crippen molar-refractivity contribution in [1.29, 1.82) is 0 Å². The van der Waals surface area contributed by atoms with Gasteiger partial charge in [-0.05, 0) is 73.2 Å². The van der Waals surface area contributed by atoms with Gasteiger partial charge in [0.1, 0.15) is 6.17 Å². The second-order valence-corrected chi connectivity index (χ2v) is 8.44. The van der Waals surface area contributed by atoms with Gasteiger partial charge in [0, 0.05) is 46.6 Å². The summed E-state index contributed by atoms with van der Waals surface area (Å²) in [5.74, 6) is 0. The molecule has 0 bridgehead atoms. The molecule has 2 aromatic carbocycles. The highest BCUT2D eigenvalue weighted by molar-refractivity contribution is 6.34. The van der Waals surface area contributed by atoms with E-state index in [2.05, 4.69) is 32.2 Å². The van der Waals surface area contributed by atoms with Crippen LogP contribution in [0, 0.1) is 0 Å². The Kier molecular flexibility index (Phi) is 7.26. The number of hydrogen-bond donors (Lipinski definition) is 1. The molecule has 0 aliphatic carbocycles. The van der Waals surface area contributed by atoms with Gasteiger partial charge < -0.3 is 15.1 Å². The Morgan fingerprint density at radius 1 is 1.26 bits per heavy atom. The second kappa shape index (κ2) is 9.73. The van der Waals surface area contributed by atoms with Gasteiger partial charge in [0.2, 0.25) is 0 Å². The minimum absolute atomic E-state index is 0.675. The van der Waals surface area contributed by atoms with Gasteiger partial charge in [-0.2, -0.15) is 0 Å².